The number of hydrogen-bond acceptors (Lipinski definition) is 11. The van der Waals surface area contributed by atoms with Gasteiger partial charge in [0.1, 0.15) is 0 Å². The Morgan fingerprint density at radius 1 is 0.843 bits per heavy atom. The molecular weight excluding hydrogens is 693 g/mol. The summed E-state index contributed by atoms with van der Waals surface area (Å²) in [5.41, 5.74) is 3.53. The van der Waals surface area contributed by atoms with Gasteiger partial charge in [0.15, 0.2) is 5.69 Å². The van der Waals surface area contributed by atoms with Gasteiger partial charge in [0, 0.05) is 57.3 Å². The highest BCUT2D eigenvalue weighted by molar-refractivity contribution is 5.92. The lowest BCUT2D eigenvalue weighted by atomic mass is 9.81. The molecule has 2 aromatic carbocycles. The number of aromatic nitrogens is 4. The van der Waals surface area contributed by atoms with Gasteiger partial charge in [-0.2, -0.15) is 9.97 Å². The van der Waals surface area contributed by atoms with Crippen molar-refractivity contribution in [1.82, 2.24) is 34.6 Å². The summed E-state index contributed by atoms with van der Waals surface area (Å²) >= 11 is 0. The van der Waals surface area contributed by atoms with Crippen molar-refractivity contribution in [2.45, 2.75) is 51.4 Å². The van der Waals surface area contributed by atoms with Crippen molar-refractivity contribution in [2.24, 2.45) is 0 Å². The zero-order chi connectivity index (χ0) is 34.3. The third-order valence-corrected chi connectivity index (χ3v) is 9.01. The van der Waals surface area contributed by atoms with Gasteiger partial charge in [-0.3, -0.25) is 19.6 Å². The smallest absolute Gasteiger partial charge is 0.323 e. The lowest BCUT2D eigenvalue weighted by molar-refractivity contribution is -0.0294. The van der Waals surface area contributed by atoms with Crippen molar-refractivity contribution < 1.29 is 23.7 Å². The first-order chi connectivity index (χ1) is 23.9. The second-order valence-electron chi connectivity index (χ2n) is 12.5. The van der Waals surface area contributed by atoms with Gasteiger partial charge in [-0.05, 0) is 31.9 Å². The van der Waals surface area contributed by atoms with Crippen LogP contribution < -0.4 is 18.9 Å². The van der Waals surface area contributed by atoms with Gasteiger partial charge in [0.25, 0.3) is 5.91 Å². The summed E-state index contributed by atoms with van der Waals surface area (Å²) in [6.07, 6.45) is 2.89. The second kappa shape index (κ2) is 18.3. The summed E-state index contributed by atoms with van der Waals surface area (Å²) in [4.78, 5) is 38.4. The number of carbonyl (C=O) groups is 1. The molecule has 12 nitrogen and oxygen atoms in total. The van der Waals surface area contributed by atoms with Crippen molar-refractivity contribution in [2.75, 3.05) is 53.6 Å². The van der Waals surface area contributed by atoms with Crippen LogP contribution in [0.4, 0.5) is 0 Å². The highest BCUT2D eigenvalue weighted by Crippen LogP contribution is 2.38. The Bertz CT molecular complexity index is 1670. The number of amides is 1. The molecule has 51 heavy (non-hydrogen) atoms. The molecule has 274 valence electrons. The van der Waals surface area contributed by atoms with Crippen LogP contribution in [0.25, 0.3) is 0 Å². The molecule has 1 amide bonds. The molecule has 2 aromatic heterocycles. The molecule has 2 fully saturated rings. The average Bonchev–Trinajstić information content (AvgIpc) is 3.13. The van der Waals surface area contributed by atoms with Gasteiger partial charge in [0.05, 0.1) is 44.9 Å². The summed E-state index contributed by atoms with van der Waals surface area (Å²) in [6.45, 7) is 10.0. The number of piperazine rings is 2. The number of halogens is 2. The third kappa shape index (κ3) is 9.17. The lowest BCUT2D eigenvalue weighted by Gasteiger charge is -2.53. The van der Waals surface area contributed by atoms with Crippen LogP contribution in [0.2, 0.25) is 0 Å². The number of methoxy groups -OCH3 is 2. The molecule has 0 bridgehead atoms. The van der Waals surface area contributed by atoms with E-state index < -0.39 is 0 Å². The van der Waals surface area contributed by atoms with Crippen molar-refractivity contribution in [3.63, 3.8) is 0 Å². The van der Waals surface area contributed by atoms with Crippen LogP contribution in [0.3, 0.4) is 0 Å². The Morgan fingerprint density at radius 3 is 2.12 bits per heavy atom. The van der Waals surface area contributed by atoms with Gasteiger partial charge >= 0.3 is 6.01 Å². The van der Waals surface area contributed by atoms with Crippen LogP contribution >= 0.6 is 24.8 Å². The molecule has 0 spiro atoms. The number of ether oxygens (including phenoxy) is 4. The van der Waals surface area contributed by atoms with E-state index in [1.54, 1.807) is 7.11 Å². The van der Waals surface area contributed by atoms with E-state index in [2.05, 4.69) is 90.4 Å². The van der Waals surface area contributed by atoms with Crippen LogP contribution in [-0.4, -0.2) is 112 Å². The SMILES string of the molecule is CCOc1nc(OC)c(CN2CC(C(c3ccccc3)c3ccccc3)N3CCN(C(=O)c4cncc(OC)n4)C[C@H]3C2)c(OC(C)C)n1.Cl.Cl. The van der Waals surface area contributed by atoms with Crippen molar-refractivity contribution in [3.8, 4) is 23.7 Å². The molecule has 2 aliphatic heterocycles. The highest BCUT2D eigenvalue weighted by atomic mass is 35.5. The minimum atomic E-state index is -0.156. The maximum atomic E-state index is 13.8. The van der Waals surface area contributed by atoms with Gasteiger partial charge in [-0.15, -0.1) is 24.8 Å². The fraction of sp³-hybridized carbons (Fsp3) is 0.432. The topological polar surface area (TPSA) is 115 Å². The van der Waals surface area contributed by atoms with Crippen molar-refractivity contribution in [3.05, 3.63) is 95.4 Å². The van der Waals surface area contributed by atoms with Gasteiger partial charge < -0.3 is 23.8 Å². The predicted molar refractivity (Wildman–Crippen MR) is 199 cm³/mol. The van der Waals surface area contributed by atoms with E-state index in [-0.39, 0.29) is 66.5 Å². The normalized spacial score (nSPS) is 17.6. The van der Waals surface area contributed by atoms with Gasteiger partial charge in [-0.1, -0.05) is 60.7 Å². The van der Waals surface area contributed by atoms with Crippen molar-refractivity contribution in [1.29, 1.82) is 0 Å². The minimum Gasteiger partial charge on any atom is -0.481 e. The molecule has 4 heterocycles. The van der Waals surface area contributed by atoms with E-state index in [9.17, 15) is 4.79 Å². The zero-order valence-corrected chi connectivity index (χ0v) is 31.3. The highest BCUT2D eigenvalue weighted by Gasteiger charge is 2.43. The van der Waals surface area contributed by atoms with E-state index in [4.69, 9.17) is 18.9 Å². The molecule has 2 saturated heterocycles. The lowest BCUT2D eigenvalue weighted by Crippen LogP contribution is -2.67. The molecule has 2 aliphatic rings. The van der Waals surface area contributed by atoms with E-state index in [1.165, 1.54) is 30.6 Å². The van der Waals surface area contributed by atoms with Crippen LogP contribution in [-0.2, 0) is 6.54 Å². The van der Waals surface area contributed by atoms with E-state index in [0.29, 0.717) is 50.4 Å². The largest absolute Gasteiger partial charge is 0.481 e. The molecule has 14 heteroatoms. The molecule has 0 radical (unpaired) electrons. The average molecular weight is 741 g/mol. The number of hydrogen-bond donors (Lipinski definition) is 0. The van der Waals surface area contributed by atoms with Gasteiger partial charge in [0.2, 0.25) is 17.6 Å². The molecule has 0 N–H and O–H groups in total. The summed E-state index contributed by atoms with van der Waals surface area (Å²) in [5.74, 6) is 1.12. The van der Waals surface area contributed by atoms with E-state index >= 15 is 0 Å². The van der Waals surface area contributed by atoms with Crippen LogP contribution in [0.5, 0.6) is 23.7 Å². The minimum absolute atomic E-state index is 0. The third-order valence-electron chi connectivity index (χ3n) is 9.01. The standard InChI is InChI=1S/C37H45N7O5.2ClH/c1-6-48-37-40-34(47-5)29(35(41-37)49-25(2)3)23-42-21-28-22-43(36(45)30-19-38-20-32(39-30)46-4)17-18-44(28)31(24-42)33(26-13-9-7-10-14-26)27-15-11-8-12-16-27;;/h7-16,19-20,25,28,31,33H,6,17-18,21-24H2,1-5H3;2*1H/t28-,31?;;/m1../s1. The summed E-state index contributed by atoms with van der Waals surface area (Å²) in [7, 11) is 3.13. The first-order valence-corrected chi connectivity index (χ1v) is 16.9. The number of carbonyl (C=O) groups excluding carboxylic acids is 1. The Labute approximate surface area is 312 Å². The monoisotopic (exact) mass is 739 g/mol. The fourth-order valence-electron chi connectivity index (χ4n) is 6.96. The molecule has 6 rings (SSSR count). The first-order valence-electron chi connectivity index (χ1n) is 16.9. The maximum Gasteiger partial charge on any atom is 0.323 e. The molecule has 2 atom stereocenters. The van der Waals surface area contributed by atoms with Crippen LogP contribution in [0.15, 0.2) is 73.1 Å². The summed E-state index contributed by atoms with van der Waals surface area (Å²) in [6, 6.07) is 21.7. The number of fused-ring (bicyclic) bond motifs is 1. The Hall–Kier alpha value is -4.23. The molecule has 0 saturated carbocycles. The molecule has 0 aliphatic carbocycles. The quantitative estimate of drug-likeness (QED) is 0.192. The van der Waals surface area contributed by atoms with E-state index in [0.717, 1.165) is 18.7 Å². The Morgan fingerprint density at radius 2 is 1.51 bits per heavy atom. The number of rotatable bonds is 12. The second-order valence-corrected chi connectivity index (χ2v) is 12.5. The fourth-order valence-corrected chi connectivity index (χ4v) is 6.96. The zero-order valence-electron chi connectivity index (χ0n) is 29.7. The number of nitrogens with zero attached hydrogens (tertiary/aromatic N) is 7. The van der Waals surface area contributed by atoms with E-state index in [1.807, 2.05) is 25.7 Å². The van der Waals surface area contributed by atoms with Crippen molar-refractivity contribution >= 4 is 30.7 Å². The summed E-state index contributed by atoms with van der Waals surface area (Å²) in [5, 5.41) is 0. The van der Waals surface area contributed by atoms with Gasteiger partial charge in [-0.25, -0.2) is 4.98 Å². The Kier molecular flexibility index (Phi) is 14.2. The van der Waals surface area contributed by atoms with Crippen LogP contribution in [0.1, 0.15) is 53.9 Å². The van der Waals surface area contributed by atoms with Crippen LogP contribution in [0, 0.1) is 0 Å². The first kappa shape index (κ1) is 39.6. The maximum absolute atomic E-state index is 13.8. The summed E-state index contributed by atoms with van der Waals surface area (Å²) < 4.78 is 22.9. The molecular formula is C37H47Cl2N7O5. The number of benzene rings is 2. The molecule has 4 aromatic rings. The predicted octanol–water partition coefficient (Wildman–Crippen LogP) is 5.16. The molecule has 1 unspecified atom stereocenters. The Balaban J connectivity index is 0.00000292.